The Morgan fingerprint density at radius 3 is 2.70 bits per heavy atom. The normalized spacial score (nSPS) is 28.7. The van der Waals surface area contributed by atoms with E-state index in [1.165, 1.54) is 12.1 Å². The van der Waals surface area contributed by atoms with Crippen LogP contribution in [0.3, 0.4) is 0 Å². The maximum absolute atomic E-state index is 13.4. The lowest BCUT2D eigenvalue weighted by atomic mass is 9.80. The molecule has 1 radical (unpaired) electrons. The second kappa shape index (κ2) is 6.87. The van der Waals surface area contributed by atoms with E-state index < -0.39 is 0 Å². The van der Waals surface area contributed by atoms with E-state index in [2.05, 4.69) is 4.90 Å². The van der Waals surface area contributed by atoms with Gasteiger partial charge < -0.3 is 10.5 Å². The van der Waals surface area contributed by atoms with E-state index in [-0.39, 0.29) is 17.8 Å². The number of halogens is 1. The van der Waals surface area contributed by atoms with Crippen LogP contribution in [0, 0.1) is 12.2 Å². The monoisotopic (exact) mass is 319 g/mol. The first kappa shape index (κ1) is 16.2. The Balaban J connectivity index is 1.66. The van der Waals surface area contributed by atoms with Crippen molar-refractivity contribution in [3.63, 3.8) is 0 Å². The van der Waals surface area contributed by atoms with Gasteiger partial charge in [0.05, 0.1) is 13.2 Å². The fraction of sp³-hybridized carbons (Fsp3) is 0.556. The van der Waals surface area contributed by atoms with Crippen LogP contribution in [-0.4, -0.2) is 36.5 Å². The first-order chi connectivity index (χ1) is 11.1. The summed E-state index contributed by atoms with van der Waals surface area (Å²) in [5.41, 5.74) is 6.59. The van der Waals surface area contributed by atoms with Gasteiger partial charge in [0.1, 0.15) is 11.6 Å². The number of methoxy groups -OCH3 is 1. The lowest BCUT2D eigenvalue weighted by molar-refractivity contribution is -0.122. The number of nitrogens with zero attached hydrogens (tertiary/aromatic N) is 1. The molecule has 1 amide bonds. The second-order valence-corrected chi connectivity index (χ2v) is 6.50. The molecule has 2 N–H and O–H groups in total. The summed E-state index contributed by atoms with van der Waals surface area (Å²) in [6.07, 6.45) is 7.06. The van der Waals surface area contributed by atoms with Crippen molar-refractivity contribution in [2.24, 2.45) is 5.73 Å². The molecule has 1 saturated carbocycles. The third-order valence-electron chi connectivity index (χ3n) is 5.23. The zero-order valence-electron chi connectivity index (χ0n) is 13.5. The van der Waals surface area contributed by atoms with Crippen molar-refractivity contribution in [3.05, 3.63) is 36.0 Å². The summed E-state index contributed by atoms with van der Waals surface area (Å²) in [7, 11) is 1.58. The number of carbonyl (C=O) groups excluding carboxylic acids is 1. The molecule has 1 heterocycles. The van der Waals surface area contributed by atoms with Crippen LogP contribution < -0.4 is 10.5 Å². The highest BCUT2D eigenvalue weighted by molar-refractivity contribution is 5.81. The fourth-order valence-corrected chi connectivity index (χ4v) is 4.09. The first-order valence-electron chi connectivity index (χ1n) is 8.32. The summed E-state index contributed by atoms with van der Waals surface area (Å²) >= 11 is 0. The molecule has 1 aliphatic heterocycles. The predicted octanol–water partition coefficient (Wildman–Crippen LogP) is 2.62. The fourth-order valence-electron chi connectivity index (χ4n) is 4.09. The summed E-state index contributed by atoms with van der Waals surface area (Å²) in [5, 5.41) is 0. The summed E-state index contributed by atoms with van der Waals surface area (Å²) in [6, 6.07) is 5.00. The second-order valence-electron chi connectivity index (χ2n) is 6.50. The molecule has 3 rings (SSSR count). The minimum absolute atomic E-state index is 0.211. The molecular weight excluding hydrogens is 295 g/mol. The first-order valence-corrected chi connectivity index (χ1v) is 8.32. The van der Waals surface area contributed by atoms with Crippen molar-refractivity contribution in [3.8, 4) is 5.75 Å². The molecule has 125 valence electrons. The van der Waals surface area contributed by atoms with Gasteiger partial charge in [0, 0.05) is 12.1 Å². The van der Waals surface area contributed by atoms with Gasteiger partial charge in [0.25, 0.3) is 0 Å². The van der Waals surface area contributed by atoms with Gasteiger partial charge in [-0.05, 0) is 62.6 Å². The van der Waals surface area contributed by atoms with Gasteiger partial charge >= 0.3 is 0 Å². The smallest absolute Gasteiger partial charge is 0.235 e. The zero-order chi connectivity index (χ0) is 16.4. The summed E-state index contributed by atoms with van der Waals surface area (Å²) in [4.78, 5) is 13.8. The van der Waals surface area contributed by atoms with Crippen molar-refractivity contribution in [2.75, 3.05) is 13.7 Å². The van der Waals surface area contributed by atoms with Crippen molar-refractivity contribution in [1.29, 1.82) is 0 Å². The topological polar surface area (TPSA) is 55.6 Å². The number of hydrogen-bond acceptors (Lipinski definition) is 3. The number of hydrogen-bond donors (Lipinski definition) is 1. The highest BCUT2D eigenvalue weighted by atomic mass is 19.1. The third-order valence-corrected chi connectivity index (χ3v) is 5.23. The van der Waals surface area contributed by atoms with Crippen LogP contribution in [0.4, 0.5) is 4.39 Å². The van der Waals surface area contributed by atoms with Crippen LogP contribution in [0.1, 0.15) is 43.6 Å². The van der Waals surface area contributed by atoms with E-state index in [0.717, 1.165) is 44.2 Å². The van der Waals surface area contributed by atoms with E-state index >= 15 is 0 Å². The van der Waals surface area contributed by atoms with Gasteiger partial charge in [-0.15, -0.1) is 0 Å². The molecule has 0 spiro atoms. The van der Waals surface area contributed by atoms with Crippen LogP contribution in [0.15, 0.2) is 18.2 Å². The standard InChI is InChI=1S/C18H24FN2O2/c1-23-17-11-13(19)6-9-15(17)12-4-7-14(8-5-12)21-10-2-3-16(21)18(20)22/h3,6,9,11-12,14,16H,2,4-5,7-8,10H2,1H3,(H2,20,22). The van der Waals surface area contributed by atoms with Crippen molar-refractivity contribution >= 4 is 5.91 Å². The summed E-state index contributed by atoms with van der Waals surface area (Å²) in [5.74, 6) is 0.513. The van der Waals surface area contributed by atoms with Gasteiger partial charge in [-0.25, -0.2) is 4.39 Å². The molecule has 23 heavy (non-hydrogen) atoms. The molecule has 4 nitrogen and oxygen atoms in total. The maximum Gasteiger partial charge on any atom is 0.235 e. The average Bonchev–Trinajstić information content (AvgIpc) is 3.05. The summed E-state index contributed by atoms with van der Waals surface area (Å²) < 4.78 is 18.7. The molecule has 1 aromatic carbocycles. The van der Waals surface area contributed by atoms with Crippen LogP contribution in [0.5, 0.6) is 5.75 Å². The Labute approximate surface area is 136 Å². The quantitative estimate of drug-likeness (QED) is 0.928. The van der Waals surface area contributed by atoms with E-state index in [4.69, 9.17) is 10.5 Å². The minimum atomic E-state index is -0.267. The summed E-state index contributed by atoms with van der Waals surface area (Å²) in [6.45, 7) is 0.919. The number of amides is 1. The molecule has 1 aromatic rings. The van der Waals surface area contributed by atoms with E-state index in [1.807, 2.05) is 12.5 Å². The van der Waals surface area contributed by atoms with Crippen molar-refractivity contribution in [2.45, 2.75) is 50.1 Å². The third kappa shape index (κ3) is 3.34. The highest BCUT2D eigenvalue weighted by Gasteiger charge is 2.36. The molecule has 1 atom stereocenters. The molecular formula is C18H24FN2O2. The lowest BCUT2D eigenvalue weighted by Gasteiger charge is -2.37. The van der Waals surface area contributed by atoms with Gasteiger partial charge in [0.15, 0.2) is 0 Å². The predicted molar refractivity (Wildman–Crippen MR) is 86.6 cm³/mol. The molecule has 5 heteroatoms. The van der Waals surface area contributed by atoms with E-state index in [1.54, 1.807) is 7.11 Å². The minimum Gasteiger partial charge on any atom is -0.496 e. The largest absolute Gasteiger partial charge is 0.496 e. The van der Waals surface area contributed by atoms with Gasteiger partial charge in [0.2, 0.25) is 5.91 Å². The van der Waals surface area contributed by atoms with Crippen LogP contribution in [0.2, 0.25) is 0 Å². The number of nitrogens with two attached hydrogens (primary N) is 1. The van der Waals surface area contributed by atoms with Crippen molar-refractivity contribution < 1.29 is 13.9 Å². The zero-order valence-corrected chi connectivity index (χ0v) is 13.5. The number of rotatable bonds is 4. The van der Waals surface area contributed by atoms with Crippen LogP contribution in [0.25, 0.3) is 0 Å². The molecule has 2 fully saturated rings. The Morgan fingerprint density at radius 1 is 1.30 bits per heavy atom. The van der Waals surface area contributed by atoms with Gasteiger partial charge in [-0.3, -0.25) is 9.69 Å². The highest BCUT2D eigenvalue weighted by Crippen LogP contribution is 2.40. The number of likely N-dealkylation sites (tertiary alicyclic amines) is 1. The number of ether oxygens (including phenoxy) is 1. The van der Waals surface area contributed by atoms with E-state index in [0.29, 0.717) is 17.7 Å². The number of carbonyl (C=O) groups is 1. The van der Waals surface area contributed by atoms with E-state index in [9.17, 15) is 9.18 Å². The Hall–Kier alpha value is -1.62. The molecule has 1 saturated heterocycles. The number of benzene rings is 1. The van der Waals surface area contributed by atoms with Crippen LogP contribution in [-0.2, 0) is 4.79 Å². The van der Waals surface area contributed by atoms with Gasteiger partial charge in [-0.2, -0.15) is 0 Å². The Kier molecular flexibility index (Phi) is 4.85. The molecule has 0 bridgehead atoms. The molecule has 1 aliphatic carbocycles. The SMILES string of the molecule is COc1cc(F)ccc1C1CCC(N2CC[CH]C2C(N)=O)CC1. The Morgan fingerprint density at radius 2 is 2.04 bits per heavy atom. The van der Waals surface area contributed by atoms with Crippen molar-refractivity contribution in [1.82, 2.24) is 4.90 Å². The Bertz CT molecular complexity index is 570. The maximum atomic E-state index is 13.4. The molecule has 1 unspecified atom stereocenters. The molecule has 2 aliphatic rings. The molecule has 0 aromatic heterocycles. The number of primary amides is 1. The van der Waals surface area contributed by atoms with Gasteiger partial charge in [-0.1, -0.05) is 6.07 Å². The van der Waals surface area contributed by atoms with Crippen LogP contribution >= 0.6 is 0 Å². The lowest BCUT2D eigenvalue weighted by Crippen LogP contribution is -2.47. The average molecular weight is 319 g/mol.